The van der Waals surface area contributed by atoms with Gasteiger partial charge in [-0.1, -0.05) is 219 Å². The molecule has 10 nitrogen and oxygen atoms in total. The molecule has 0 saturated heterocycles. The number of anilines is 1. The molecule has 10 aromatic carbocycles. The Hall–Kier alpha value is -10.4. The van der Waals surface area contributed by atoms with Crippen molar-refractivity contribution >= 4 is 55.0 Å². The summed E-state index contributed by atoms with van der Waals surface area (Å²) in [5.41, 5.74) is 18.3. The van der Waals surface area contributed by atoms with E-state index in [4.69, 9.17) is 19.4 Å². The maximum Gasteiger partial charge on any atom is 2.00 e. The summed E-state index contributed by atoms with van der Waals surface area (Å²) in [7, 11) is 2.08. The van der Waals surface area contributed by atoms with Gasteiger partial charge in [-0.15, -0.1) is 82.7 Å². The molecule has 506 valence electrons. The number of pyridine rings is 2. The van der Waals surface area contributed by atoms with Crippen LogP contribution in [0.2, 0.25) is 0 Å². The van der Waals surface area contributed by atoms with Crippen molar-refractivity contribution in [2.24, 2.45) is 0 Å². The minimum atomic E-state index is -0.114. The summed E-state index contributed by atoms with van der Waals surface area (Å²) in [4.78, 5) is 13.9. The van der Waals surface area contributed by atoms with Gasteiger partial charge in [-0.3, -0.25) is 4.68 Å². The van der Waals surface area contributed by atoms with Gasteiger partial charge < -0.3 is 28.4 Å². The Balaban J connectivity index is 0.000000178. The van der Waals surface area contributed by atoms with Crippen molar-refractivity contribution in [2.75, 3.05) is 11.9 Å². The van der Waals surface area contributed by atoms with E-state index in [1.807, 2.05) is 71.9 Å². The van der Waals surface area contributed by atoms with E-state index in [0.29, 0.717) is 23.0 Å². The van der Waals surface area contributed by atoms with Gasteiger partial charge in [0.1, 0.15) is 11.6 Å². The topological polar surface area (TPSA) is 78.4 Å². The van der Waals surface area contributed by atoms with Gasteiger partial charge in [0.2, 0.25) is 0 Å². The first-order chi connectivity index (χ1) is 47.8. The maximum atomic E-state index is 6.66. The van der Waals surface area contributed by atoms with Crippen molar-refractivity contribution in [3.63, 3.8) is 0 Å². The van der Waals surface area contributed by atoms with Crippen LogP contribution >= 0.6 is 0 Å². The molecule has 15 aromatic rings. The van der Waals surface area contributed by atoms with Crippen molar-refractivity contribution in [3.8, 4) is 73.7 Å². The number of nitrogens with zero attached hydrogens (tertiary/aromatic N) is 8. The standard InChI is InChI=1S/C47H43N4O.C42H32N4O.2Pt/c1-46(2,3)35-23-24-48-45(27-35)51-42-16-12-11-15-40(42)41-22-21-38(29-43(41)51)52-39-26-36(47(4,5)6)25-37(28-39)50-30-44(49(7)31-50)34-19-17-33(18-20-34)32-13-9-8-10-14-32;1-42(2,3)33-22-23-43-41(24-33)46-39-15-8-7-14-37(39)38-21-20-36(26-40(38)46)47-35-13-9-12-34(25-35)45-28-32(27-44-45)31-18-16-30(17-19-31)29-10-5-4-6-11-29;;/h8-27,30-31H,1-7H3;4-24,27-28H,1-3H3;;/q-3;-2;;+2. The Morgan fingerprint density at radius 1 is 0.386 bits per heavy atom. The molecule has 0 fully saturated rings. The van der Waals surface area contributed by atoms with E-state index in [9.17, 15) is 0 Å². The number of aromatic nitrogens is 6. The summed E-state index contributed by atoms with van der Waals surface area (Å²) in [5.74, 6) is 4.16. The van der Waals surface area contributed by atoms with E-state index >= 15 is 0 Å². The summed E-state index contributed by atoms with van der Waals surface area (Å²) in [6.45, 7) is 22.1. The summed E-state index contributed by atoms with van der Waals surface area (Å²) in [6, 6.07) is 96.0. The summed E-state index contributed by atoms with van der Waals surface area (Å²) in [6.07, 6.45) is 9.84. The molecule has 0 atom stereocenters. The molecule has 5 aromatic heterocycles. The van der Waals surface area contributed by atoms with Crippen molar-refractivity contribution in [2.45, 2.75) is 78.6 Å². The van der Waals surface area contributed by atoms with Crippen LogP contribution < -0.4 is 14.4 Å². The molecule has 0 amide bonds. The number of fused-ring (bicyclic) bond motifs is 6. The molecule has 0 bridgehead atoms. The normalized spacial score (nSPS) is 12.5. The number of para-hydroxylation sites is 2. The molecule has 6 heterocycles. The molecule has 1 aliphatic rings. The second-order valence-corrected chi connectivity index (χ2v) is 28.4. The monoisotopic (exact) mass is 1680 g/mol. The fourth-order valence-corrected chi connectivity index (χ4v) is 12.8. The second-order valence-electron chi connectivity index (χ2n) is 28.4. The minimum Gasteiger partial charge on any atom is -0.509 e. The number of hydrogen-bond acceptors (Lipinski definition) is 7. The van der Waals surface area contributed by atoms with E-state index in [2.05, 4.69) is 325 Å². The number of benzene rings is 10. The fourth-order valence-electron chi connectivity index (χ4n) is 12.8. The average Bonchev–Trinajstić information content (AvgIpc) is 1.60. The van der Waals surface area contributed by atoms with Crippen LogP contribution in [-0.4, -0.2) is 40.8 Å². The minimum absolute atomic E-state index is 0. The van der Waals surface area contributed by atoms with Gasteiger partial charge in [0.25, 0.3) is 0 Å². The molecule has 0 N–H and O–H groups in total. The number of rotatable bonds is 12. The Bertz CT molecular complexity index is 5500. The first-order valence-corrected chi connectivity index (χ1v) is 33.6. The largest absolute Gasteiger partial charge is 2.00 e. The Labute approximate surface area is 620 Å². The van der Waals surface area contributed by atoms with Gasteiger partial charge in [0.05, 0.1) is 6.20 Å². The third-order valence-corrected chi connectivity index (χ3v) is 18.3. The molecular weight excluding hydrogens is 1600 g/mol. The maximum absolute atomic E-state index is 6.66. The van der Waals surface area contributed by atoms with Gasteiger partial charge in [-0.25, -0.2) is 9.97 Å². The van der Waals surface area contributed by atoms with Crippen LogP contribution in [0.1, 0.15) is 84.6 Å². The van der Waals surface area contributed by atoms with E-state index in [0.717, 1.165) is 94.6 Å². The van der Waals surface area contributed by atoms with Gasteiger partial charge in [0, 0.05) is 84.9 Å². The second kappa shape index (κ2) is 28.3. The van der Waals surface area contributed by atoms with Gasteiger partial charge in [0.15, 0.2) is 0 Å². The van der Waals surface area contributed by atoms with Crippen LogP contribution in [0, 0.1) is 30.9 Å². The third kappa shape index (κ3) is 14.4. The zero-order valence-electron chi connectivity index (χ0n) is 58.0. The first kappa shape index (κ1) is 69.1. The van der Waals surface area contributed by atoms with Gasteiger partial charge in [-0.05, 0) is 127 Å². The number of hydrogen-bond donors (Lipinski definition) is 0. The molecule has 0 saturated carbocycles. The molecule has 0 aliphatic carbocycles. The van der Waals surface area contributed by atoms with Crippen molar-refractivity contribution in [3.05, 3.63) is 321 Å². The SMILES string of the molecule is CC(C)(C)c1ccnc(-n2c3[c-]c(Oc4[c-]c(-n5cc(-c6ccc(-c7ccccc7)cc6)cn5)ccc4)ccc3c3ccccc32)c1.CN1[CH-]N(c2[c-]c(Oc3[c-]c4c(cc3)c3ccccc3n4-c3cc(C(C)(C)C)ccn3)cc(C(C)(C)C)c2)C=C1c1ccc(-c2ccccc2)cc1.[Pt+2].[Pt]. The molecular formula is C89H75N8O2Pt2-3. The Morgan fingerprint density at radius 2 is 0.832 bits per heavy atom. The van der Waals surface area contributed by atoms with Crippen LogP contribution in [0.4, 0.5) is 5.69 Å². The summed E-state index contributed by atoms with van der Waals surface area (Å²) >= 11 is 0. The fraction of sp³-hybridized carbons (Fsp3) is 0.146. The number of ether oxygens (including phenoxy) is 2. The van der Waals surface area contributed by atoms with E-state index in [-0.39, 0.29) is 58.4 Å². The molecule has 101 heavy (non-hydrogen) atoms. The summed E-state index contributed by atoms with van der Waals surface area (Å²) < 4.78 is 19.2. The van der Waals surface area contributed by atoms with E-state index in [1.54, 1.807) is 0 Å². The van der Waals surface area contributed by atoms with E-state index in [1.165, 1.54) is 33.4 Å². The Kier molecular flexibility index (Phi) is 19.4. The van der Waals surface area contributed by atoms with Gasteiger partial charge >= 0.3 is 21.1 Å². The predicted molar refractivity (Wildman–Crippen MR) is 404 cm³/mol. The third-order valence-electron chi connectivity index (χ3n) is 18.3. The molecule has 0 unspecified atom stereocenters. The zero-order valence-corrected chi connectivity index (χ0v) is 62.6. The quantitative estimate of drug-likeness (QED) is 0.113. The van der Waals surface area contributed by atoms with Crippen LogP contribution in [0.25, 0.3) is 100 Å². The molecule has 0 radical (unpaired) electrons. The van der Waals surface area contributed by atoms with Gasteiger partial charge in [-0.2, -0.15) is 30.0 Å². The van der Waals surface area contributed by atoms with Crippen LogP contribution in [0.5, 0.6) is 23.0 Å². The van der Waals surface area contributed by atoms with Crippen LogP contribution in [0.3, 0.4) is 0 Å². The summed E-state index contributed by atoms with van der Waals surface area (Å²) in [5, 5.41) is 9.13. The van der Waals surface area contributed by atoms with Crippen molar-refractivity contribution in [1.29, 1.82) is 0 Å². The first-order valence-electron chi connectivity index (χ1n) is 33.6. The molecule has 1 aliphatic heterocycles. The predicted octanol–water partition coefficient (Wildman–Crippen LogP) is 22.1. The van der Waals surface area contributed by atoms with Crippen molar-refractivity contribution in [1.82, 2.24) is 33.8 Å². The zero-order chi connectivity index (χ0) is 68.2. The van der Waals surface area contributed by atoms with E-state index < -0.39 is 0 Å². The molecule has 16 rings (SSSR count). The Morgan fingerprint density at radius 3 is 1.35 bits per heavy atom. The average molecular weight is 1680 g/mol. The molecule has 12 heteroatoms. The van der Waals surface area contributed by atoms with Crippen LogP contribution in [0.15, 0.2) is 268 Å². The smallest absolute Gasteiger partial charge is 0.509 e. The van der Waals surface area contributed by atoms with Crippen LogP contribution in [-0.2, 0) is 58.4 Å². The molecule has 0 spiro atoms. The van der Waals surface area contributed by atoms with Crippen molar-refractivity contribution < 1.29 is 51.6 Å².